The summed E-state index contributed by atoms with van der Waals surface area (Å²) in [6.45, 7) is 5.00. The number of nitrogens with zero attached hydrogens (tertiary/aromatic N) is 2. The second-order valence-electron chi connectivity index (χ2n) is 6.86. The molecule has 2 aromatic carbocycles. The summed E-state index contributed by atoms with van der Waals surface area (Å²) >= 11 is 6.30. The maximum atomic E-state index is 6.30. The van der Waals surface area contributed by atoms with Crippen LogP contribution in [0.25, 0.3) is 11.5 Å². The molecule has 2 heterocycles. The first-order chi connectivity index (χ1) is 13.7. The van der Waals surface area contributed by atoms with E-state index in [1.807, 2.05) is 43.3 Å². The minimum absolute atomic E-state index is 0.565. The van der Waals surface area contributed by atoms with Crippen LogP contribution in [-0.2, 0) is 13.1 Å². The molecule has 0 atom stereocenters. The highest BCUT2D eigenvalue weighted by Gasteiger charge is 2.20. The van der Waals surface area contributed by atoms with Crippen LogP contribution >= 0.6 is 11.6 Å². The topological polar surface area (TPSA) is 47.7 Å². The van der Waals surface area contributed by atoms with E-state index in [1.54, 1.807) is 7.11 Å². The molecule has 1 aromatic heterocycles. The molecule has 4 rings (SSSR count). The van der Waals surface area contributed by atoms with Gasteiger partial charge >= 0.3 is 0 Å². The average Bonchev–Trinajstić information content (AvgIpc) is 3.04. The van der Waals surface area contributed by atoms with Crippen molar-refractivity contribution in [3.8, 4) is 23.0 Å². The third-order valence-electron chi connectivity index (χ3n) is 4.91. The molecule has 1 aliphatic heterocycles. The van der Waals surface area contributed by atoms with Crippen LogP contribution in [-0.4, -0.2) is 30.1 Å². The number of methoxy groups -OCH3 is 1. The van der Waals surface area contributed by atoms with Gasteiger partial charge in [-0.3, -0.25) is 4.90 Å². The Labute approximate surface area is 169 Å². The fourth-order valence-corrected chi connectivity index (χ4v) is 3.68. The lowest BCUT2D eigenvalue weighted by Crippen LogP contribution is -2.28. The van der Waals surface area contributed by atoms with Gasteiger partial charge in [-0.25, -0.2) is 4.98 Å². The number of hydrogen-bond acceptors (Lipinski definition) is 5. The van der Waals surface area contributed by atoms with E-state index < -0.39 is 0 Å². The summed E-state index contributed by atoms with van der Waals surface area (Å²) in [5.41, 5.74) is 2.86. The van der Waals surface area contributed by atoms with Gasteiger partial charge in [0.25, 0.3) is 0 Å². The van der Waals surface area contributed by atoms with Crippen molar-refractivity contribution >= 4 is 11.6 Å². The van der Waals surface area contributed by atoms with Gasteiger partial charge in [0.15, 0.2) is 11.5 Å². The zero-order valence-electron chi connectivity index (χ0n) is 16.1. The number of halogens is 1. The number of oxazole rings is 1. The normalized spacial score (nSPS) is 14.7. The Morgan fingerprint density at radius 1 is 1.18 bits per heavy atom. The SMILES string of the molecule is COc1cccc2c1OCCCN(Cc1nc(-c3ccccc3Cl)oc1C)C2. The van der Waals surface area contributed by atoms with Crippen LogP contribution in [0.15, 0.2) is 46.9 Å². The molecule has 1 aliphatic rings. The summed E-state index contributed by atoms with van der Waals surface area (Å²) in [5.74, 6) is 3.00. The molecule has 146 valence electrons. The molecule has 5 nitrogen and oxygen atoms in total. The summed E-state index contributed by atoms with van der Waals surface area (Å²) in [7, 11) is 1.67. The van der Waals surface area contributed by atoms with E-state index in [1.165, 1.54) is 0 Å². The van der Waals surface area contributed by atoms with Gasteiger partial charge in [-0.15, -0.1) is 0 Å². The van der Waals surface area contributed by atoms with Crippen LogP contribution in [0.1, 0.15) is 23.4 Å². The lowest BCUT2D eigenvalue weighted by atomic mass is 10.1. The molecule has 0 unspecified atom stereocenters. The molecule has 0 saturated carbocycles. The zero-order chi connectivity index (χ0) is 19.5. The van der Waals surface area contributed by atoms with Gasteiger partial charge in [0, 0.05) is 25.2 Å². The molecule has 0 bridgehead atoms. The number of para-hydroxylation sites is 1. The minimum atomic E-state index is 0.565. The number of ether oxygens (including phenoxy) is 2. The number of hydrogen-bond donors (Lipinski definition) is 0. The van der Waals surface area contributed by atoms with Crippen molar-refractivity contribution in [2.45, 2.75) is 26.4 Å². The molecule has 0 fully saturated rings. The van der Waals surface area contributed by atoms with Crippen LogP contribution in [0.4, 0.5) is 0 Å². The molecule has 0 radical (unpaired) electrons. The van der Waals surface area contributed by atoms with Gasteiger partial charge in [-0.1, -0.05) is 35.9 Å². The average molecular weight is 399 g/mol. The molecule has 0 aliphatic carbocycles. The summed E-state index contributed by atoms with van der Waals surface area (Å²) in [6, 6.07) is 13.6. The fraction of sp³-hybridized carbons (Fsp3) is 0.318. The first-order valence-corrected chi connectivity index (χ1v) is 9.75. The lowest BCUT2D eigenvalue weighted by molar-refractivity contribution is 0.193. The van der Waals surface area contributed by atoms with Crippen molar-refractivity contribution < 1.29 is 13.9 Å². The minimum Gasteiger partial charge on any atom is -0.493 e. The first-order valence-electron chi connectivity index (χ1n) is 9.38. The first kappa shape index (κ1) is 18.8. The van der Waals surface area contributed by atoms with Crippen LogP contribution in [0.2, 0.25) is 5.02 Å². The Kier molecular flexibility index (Phi) is 5.55. The third kappa shape index (κ3) is 3.86. The van der Waals surface area contributed by atoms with Crippen LogP contribution in [0.5, 0.6) is 11.5 Å². The molecule has 28 heavy (non-hydrogen) atoms. The number of benzene rings is 2. The van der Waals surface area contributed by atoms with Crippen LogP contribution < -0.4 is 9.47 Å². The Morgan fingerprint density at radius 3 is 2.86 bits per heavy atom. The second-order valence-corrected chi connectivity index (χ2v) is 7.27. The standard InChI is InChI=1S/C22H23ClN2O3/c1-15-19(24-22(28-15)17-8-3-4-9-18(17)23)14-25-11-6-12-27-21-16(13-25)7-5-10-20(21)26-2/h3-5,7-10H,6,11-14H2,1-2H3. The van der Waals surface area contributed by atoms with Gasteiger partial charge < -0.3 is 13.9 Å². The predicted molar refractivity (Wildman–Crippen MR) is 109 cm³/mol. The summed E-state index contributed by atoms with van der Waals surface area (Å²) < 4.78 is 17.3. The maximum Gasteiger partial charge on any atom is 0.228 e. The van der Waals surface area contributed by atoms with E-state index in [-0.39, 0.29) is 0 Å². The van der Waals surface area contributed by atoms with E-state index in [0.29, 0.717) is 24.1 Å². The maximum absolute atomic E-state index is 6.30. The van der Waals surface area contributed by atoms with Crippen LogP contribution in [0, 0.1) is 6.92 Å². The smallest absolute Gasteiger partial charge is 0.228 e. The number of aromatic nitrogens is 1. The van der Waals surface area contributed by atoms with Crippen molar-refractivity contribution in [3.63, 3.8) is 0 Å². The molecule has 6 heteroatoms. The van der Waals surface area contributed by atoms with Crippen molar-refractivity contribution in [1.29, 1.82) is 0 Å². The van der Waals surface area contributed by atoms with Crippen molar-refractivity contribution in [2.24, 2.45) is 0 Å². The van der Waals surface area contributed by atoms with Gasteiger partial charge in [-0.2, -0.15) is 0 Å². The lowest BCUT2D eigenvalue weighted by Gasteiger charge is -2.26. The molecule has 0 spiro atoms. The second kappa shape index (κ2) is 8.25. The highest BCUT2D eigenvalue weighted by Crippen LogP contribution is 2.34. The Bertz CT molecular complexity index is 970. The predicted octanol–water partition coefficient (Wildman–Crippen LogP) is 5.10. The van der Waals surface area contributed by atoms with Gasteiger partial charge in [0.2, 0.25) is 5.89 Å². The Balaban J connectivity index is 1.58. The molecular formula is C22H23ClN2O3. The zero-order valence-corrected chi connectivity index (χ0v) is 16.8. The van der Waals surface area contributed by atoms with Gasteiger partial charge in [0.05, 0.1) is 30.0 Å². The van der Waals surface area contributed by atoms with Crippen LogP contribution in [0.3, 0.4) is 0 Å². The molecule has 0 amide bonds. The van der Waals surface area contributed by atoms with E-state index in [9.17, 15) is 0 Å². The third-order valence-corrected chi connectivity index (χ3v) is 5.24. The van der Waals surface area contributed by atoms with Crippen molar-refractivity contribution in [3.05, 3.63) is 64.5 Å². The largest absolute Gasteiger partial charge is 0.493 e. The van der Waals surface area contributed by atoms with Gasteiger partial charge in [0.1, 0.15) is 5.76 Å². The summed E-state index contributed by atoms with van der Waals surface area (Å²) in [4.78, 5) is 7.09. The van der Waals surface area contributed by atoms with Gasteiger partial charge in [-0.05, 0) is 31.5 Å². The quantitative estimate of drug-likeness (QED) is 0.612. The highest BCUT2D eigenvalue weighted by molar-refractivity contribution is 6.33. The monoisotopic (exact) mass is 398 g/mol. The summed E-state index contributed by atoms with van der Waals surface area (Å²) in [6.07, 6.45) is 0.936. The van der Waals surface area contributed by atoms with Crippen molar-refractivity contribution in [2.75, 3.05) is 20.3 Å². The molecule has 3 aromatic rings. The molecule has 0 saturated heterocycles. The molecular weight excluding hydrogens is 376 g/mol. The highest BCUT2D eigenvalue weighted by atomic mass is 35.5. The van der Waals surface area contributed by atoms with Crippen molar-refractivity contribution in [1.82, 2.24) is 9.88 Å². The fourth-order valence-electron chi connectivity index (χ4n) is 3.46. The van der Waals surface area contributed by atoms with E-state index in [0.717, 1.165) is 53.6 Å². The van der Waals surface area contributed by atoms with E-state index in [2.05, 4.69) is 11.0 Å². The summed E-state index contributed by atoms with van der Waals surface area (Å²) in [5, 5.41) is 0.639. The molecule has 0 N–H and O–H groups in total. The van der Waals surface area contributed by atoms with E-state index in [4.69, 9.17) is 30.5 Å². The Morgan fingerprint density at radius 2 is 2.04 bits per heavy atom. The number of fused-ring (bicyclic) bond motifs is 1. The number of rotatable bonds is 4. The number of aryl methyl sites for hydroxylation is 1. The Hall–Kier alpha value is -2.50. The van der Waals surface area contributed by atoms with E-state index >= 15 is 0 Å².